The van der Waals surface area contributed by atoms with E-state index in [-0.39, 0.29) is 24.0 Å². The lowest BCUT2D eigenvalue weighted by atomic mass is 10.1. The van der Waals surface area contributed by atoms with Crippen LogP contribution in [0.25, 0.3) is 0 Å². The Hall–Kier alpha value is -0.560. The minimum atomic E-state index is 0. The normalized spacial score (nSPS) is 21.5. The third kappa shape index (κ3) is 5.14. The van der Waals surface area contributed by atoms with Gasteiger partial charge in [0.2, 0.25) is 0 Å². The van der Waals surface area contributed by atoms with Gasteiger partial charge in [0.05, 0.1) is 6.54 Å². The first-order valence-electron chi connectivity index (χ1n) is 6.02. The van der Waals surface area contributed by atoms with Gasteiger partial charge in [-0.3, -0.25) is 0 Å². The molecular weight excluding hydrogens is 417 g/mol. The SMILES string of the molecule is C=C(C)CN=C(N)N[C@@H]1C[C@H]1c1ccc(Br)cc1.I. The zero-order valence-electron chi connectivity index (χ0n) is 10.9. The van der Waals surface area contributed by atoms with Crippen molar-refractivity contribution in [2.45, 2.75) is 25.3 Å². The summed E-state index contributed by atoms with van der Waals surface area (Å²) in [6.45, 7) is 6.33. The number of hydrogen-bond donors (Lipinski definition) is 2. The number of guanidine groups is 1. The Morgan fingerprint density at radius 1 is 1.47 bits per heavy atom. The van der Waals surface area contributed by atoms with E-state index in [9.17, 15) is 0 Å². The van der Waals surface area contributed by atoms with Gasteiger partial charge in [-0.1, -0.05) is 40.2 Å². The summed E-state index contributed by atoms with van der Waals surface area (Å²) in [6.07, 6.45) is 1.12. The summed E-state index contributed by atoms with van der Waals surface area (Å²) >= 11 is 3.44. The Morgan fingerprint density at radius 3 is 2.68 bits per heavy atom. The van der Waals surface area contributed by atoms with E-state index < -0.39 is 0 Å². The van der Waals surface area contributed by atoms with Gasteiger partial charge in [0.1, 0.15) is 0 Å². The second kappa shape index (κ2) is 7.28. The molecule has 3 N–H and O–H groups in total. The lowest BCUT2D eigenvalue weighted by Crippen LogP contribution is -2.34. The summed E-state index contributed by atoms with van der Waals surface area (Å²) < 4.78 is 1.11. The molecule has 0 radical (unpaired) electrons. The molecule has 0 unspecified atom stereocenters. The minimum Gasteiger partial charge on any atom is -0.370 e. The Labute approximate surface area is 139 Å². The van der Waals surface area contributed by atoms with Gasteiger partial charge in [-0.25, -0.2) is 4.99 Å². The lowest BCUT2D eigenvalue weighted by molar-refractivity contribution is 0.852. The molecule has 0 bridgehead atoms. The molecule has 0 amide bonds. The van der Waals surface area contributed by atoms with Crippen LogP contribution in [0, 0.1) is 0 Å². The molecule has 1 aromatic carbocycles. The molecule has 0 heterocycles. The fourth-order valence-electron chi connectivity index (χ4n) is 1.89. The minimum absolute atomic E-state index is 0. The van der Waals surface area contributed by atoms with Crippen LogP contribution in [0.4, 0.5) is 0 Å². The molecular formula is C14H19BrIN3. The maximum atomic E-state index is 5.82. The van der Waals surface area contributed by atoms with Crippen molar-refractivity contribution >= 4 is 45.9 Å². The van der Waals surface area contributed by atoms with Crippen LogP contribution in [0.15, 0.2) is 45.9 Å². The van der Waals surface area contributed by atoms with Crippen LogP contribution in [0.1, 0.15) is 24.8 Å². The maximum Gasteiger partial charge on any atom is 0.189 e. The van der Waals surface area contributed by atoms with Crippen molar-refractivity contribution in [2.24, 2.45) is 10.7 Å². The largest absolute Gasteiger partial charge is 0.370 e. The summed E-state index contributed by atoms with van der Waals surface area (Å²) in [7, 11) is 0. The van der Waals surface area contributed by atoms with Crippen LogP contribution in [0.3, 0.4) is 0 Å². The lowest BCUT2D eigenvalue weighted by Gasteiger charge is -2.05. The van der Waals surface area contributed by atoms with Gasteiger partial charge in [0.15, 0.2) is 5.96 Å². The monoisotopic (exact) mass is 435 g/mol. The average Bonchev–Trinajstić information content (AvgIpc) is 3.07. The molecule has 0 aromatic heterocycles. The number of nitrogens with two attached hydrogens (primary N) is 1. The molecule has 2 atom stereocenters. The number of aliphatic imine (C=N–C) groups is 1. The summed E-state index contributed by atoms with van der Waals surface area (Å²) in [5.41, 5.74) is 8.18. The van der Waals surface area contributed by atoms with Crippen LogP contribution in [0.5, 0.6) is 0 Å². The third-order valence-electron chi connectivity index (χ3n) is 2.94. The quantitative estimate of drug-likeness (QED) is 0.329. The zero-order chi connectivity index (χ0) is 13.1. The first-order chi connectivity index (χ1) is 8.56. The van der Waals surface area contributed by atoms with Crippen molar-refractivity contribution in [3.8, 4) is 0 Å². The van der Waals surface area contributed by atoms with Gasteiger partial charge in [-0.15, -0.1) is 24.0 Å². The standard InChI is InChI=1S/C14H18BrN3.HI/c1-9(2)8-17-14(16)18-13-7-12(13)10-3-5-11(15)6-4-10;/h3-6,12-13H,1,7-8H2,2H3,(H3,16,17,18);1H/t12-,13+;/m0./s1. The molecule has 104 valence electrons. The maximum absolute atomic E-state index is 5.82. The molecule has 0 aliphatic heterocycles. The summed E-state index contributed by atoms with van der Waals surface area (Å²) in [5.74, 6) is 1.07. The van der Waals surface area contributed by atoms with Gasteiger partial charge < -0.3 is 11.1 Å². The van der Waals surface area contributed by atoms with Gasteiger partial charge in [-0.05, 0) is 31.0 Å². The van der Waals surface area contributed by atoms with E-state index in [0.29, 0.717) is 24.5 Å². The highest BCUT2D eigenvalue weighted by molar-refractivity contribution is 14.0. The average molecular weight is 436 g/mol. The zero-order valence-corrected chi connectivity index (χ0v) is 14.8. The summed E-state index contributed by atoms with van der Waals surface area (Å²) in [5, 5.41) is 3.25. The first-order valence-corrected chi connectivity index (χ1v) is 6.82. The molecule has 0 saturated heterocycles. The molecule has 1 aromatic rings. The van der Waals surface area contributed by atoms with Crippen LogP contribution in [-0.4, -0.2) is 18.5 Å². The number of nitrogens with zero attached hydrogens (tertiary/aromatic N) is 1. The van der Waals surface area contributed by atoms with Crippen LogP contribution >= 0.6 is 39.9 Å². The van der Waals surface area contributed by atoms with Crippen molar-refractivity contribution in [3.05, 3.63) is 46.5 Å². The second-order valence-corrected chi connectivity index (χ2v) is 5.72. The number of nitrogens with one attached hydrogen (secondary N) is 1. The highest BCUT2D eigenvalue weighted by atomic mass is 127. The molecule has 1 aliphatic carbocycles. The second-order valence-electron chi connectivity index (χ2n) is 4.80. The van der Waals surface area contributed by atoms with E-state index in [2.05, 4.69) is 57.1 Å². The molecule has 1 aliphatic rings. The first kappa shape index (κ1) is 16.5. The van der Waals surface area contributed by atoms with Gasteiger partial charge in [-0.2, -0.15) is 0 Å². The number of rotatable bonds is 4. The van der Waals surface area contributed by atoms with Crippen molar-refractivity contribution in [1.29, 1.82) is 0 Å². The van der Waals surface area contributed by atoms with E-state index in [4.69, 9.17) is 5.73 Å². The molecule has 1 fully saturated rings. The van der Waals surface area contributed by atoms with Crippen LogP contribution < -0.4 is 11.1 Å². The van der Waals surface area contributed by atoms with E-state index in [1.54, 1.807) is 0 Å². The number of benzene rings is 1. The molecule has 0 spiro atoms. The third-order valence-corrected chi connectivity index (χ3v) is 3.47. The Morgan fingerprint density at radius 2 is 2.11 bits per heavy atom. The van der Waals surface area contributed by atoms with Crippen LogP contribution in [-0.2, 0) is 0 Å². The van der Waals surface area contributed by atoms with Crippen molar-refractivity contribution in [2.75, 3.05) is 6.54 Å². The van der Waals surface area contributed by atoms with Gasteiger partial charge >= 0.3 is 0 Å². The Bertz CT molecular complexity index is 470. The Balaban J connectivity index is 0.00000180. The van der Waals surface area contributed by atoms with Gasteiger partial charge in [0, 0.05) is 16.4 Å². The number of hydrogen-bond acceptors (Lipinski definition) is 1. The molecule has 3 nitrogen and oxygen atoms in total. The summed E-state index contributed by atoms with van der Waals surface area (Å²) in [4.78, 5) is 4.22. The molecule has 2 rings (SSSR count). The molecule has 1 saturated carbocycles. The Kier molecular flexibility index (Phi) is 6.32. The molecule has 5 heteroatoms. The molecule has 19 heavy (non-hydrogen) atoms. The van der Waals surface area contributed by atoms with Crippen LogP contribution in [0.2, 0.25) is 0 Å². The van der Waals surface area contributed by atoms with Crippen molar-refractivity contribution in [3.63, 3.8) is 0 Å². The fourth-order valence-corrected chi connectivity index (χ4v) is 2.15. The van der Waals surface area contributed by atoms with Crippen molar-refractivity contribution in [1.82, 2.24) is 5.32 Å². The van der Waals surface area contributed by atoms with Crippen molar-refractivity contribution < 1.29 is 0 Å². The predicted molar refractivity (Wildman–Crippen MR) is 95.1 cm³/mol. The van der Waals surface area contributed by atoms with E-state index in [0.717, 1.165) is 16.5 Å². The van der Waals surface area contributed by atoms with E-state index in [1.807, 2.05) is 6.92 Å². The highest BCUT2D eigenvalue weighted by Crippen LogP contribution is 2.40. The topological polar surface area (TPSA) is 50.4 Å². The van der Waals surface area contributed by atoms with Gasteiger partial charge in [0.25, 0.3) is 0 Å². The highest BCUT2D eigenvalue weighted by Gasteiger charge is 2.38. The van der Waals surface area contributed by atoms with E-state index >= 15 is 0 Å². The number of halogens is 2. The predicted octanol–water partition coefficient (Wildman–Crippen LogP) is 3.40. The summed E-state index contributed by atoms with van der Waals surface area (Å²) in [6, 6.07) is 8.86. The fraction of sp³-hybridized carbons (Fsp3) is 0.357. The smallest absolute Gasteiger partial charge is 0.189 e. The van der Waals surface area contributed by atoms with E-state index in [1.165, 1.54) is 5.56 Å².